The molecule has 0 saturated carbocycles. The zero-order valence-corrected chi connectivity index (χ0v) is 20.4. The normalized spacial score (nSPS) is 12.6. The Morgan fingerprint density at radius 1 is 0.795 bits per heavy atom. The lowest BCUT2D eigenvalue weighted by Gasteiger charge is -2.13. The van der Waals surface area contributed by atoms with Crippen LogP contribution in [0, 0.1) is 0 Å². The van der Waals surface area contributed by atoms with E-state index in [1.807, 2.05) is 0 Å². The van der Waals surface area contributed by atoms with Crippen LogP contribution in [-0.4, -0.2) is 25.1 Å². The quantitative estimate of drug-likeness (QED) is 0.175. The van der Waals surface area contributed by atoms with Gasteiger partial charge in [0.1, 0.15) is 10.2 Å². The minimum absolute atomic E-state index is 0.0138. The fourth-order valence-corrected chi connectivity index (χ4v) is 4.23. The summed E-state index contributed by atoms with van der Waals surface area (Å²) in [5.41, 5.74) is -4.50. The highest BCUT2D eigenvalue weighted by Gasteiger charge is 2.37. The third-order valence-corrected chi connectivity index (χ3v) is 5.93. The van der Waals surface area contributed by atoms with Crippen molar-refractivity contribution in [2.45, 2.75) is 35.3 Å². The van der Waals surface area contributed by atoms with Crippen molar-refractivity contribution in [2.75, 3.05) is 5.32 Å². The molecule has 0 spiro atoms. The van der Waals surface area contributed by atoms with Crippen LogP contribution < -0.4 is 5.32 Å². The van der Waals surface area contributed by atoms with Crippen LogP contribution in [0.4, 0.5) is 45.5 Å². The van der Waals surface area contributed by atoms with Crippen molar-refractivity contribution >= 4 is 29.3 Å². The summed E-state index contributed by atoms with van der Waals surface area (Å²) in [5.74, 6) is -0.526. The standard InChI is InChI=1S/C22H12ClF9N6S/c23-15-8-16(35-18(34-15)33-9-10-3-1-2-4-14(10)22(30,31)32)39-19-36-17(37-38-19)11-5-12(20(24,25)26)7-13(6-11)21(27,28)29/h1-8H,9H2,(H,33,34,35)(H,36,37,38). The molecule has 0 aliphatic rings. The second-order valence-electron chi connectivity index (χ2n) is 7.72. The summed E-state index contributed by atoms with van der Waals surface area (Å²) in [6.45, 7) is -0.304. The number of halogens is 10. The van der Waals surface area contributed by atoms with Gasteiger partial charge in [0.05, 0.1) is 16.7 Å². The van der Waals surface area contributed by atoms with Crippen LogP contribution in [0.3, 0.4) is 0 Å². The molecule has 0 amide bonds. The predicted molar refractivity (Wildman–Crippen MR) is 122 cm³/mol. The number of hydrogen-bond donors (Lipinski definition) is 2. The van der Waals surface area contributed by atoms with Crippen LogP contribution in [0.2, 0.25) is 5.15 Å². The topological polar surface area (TPSA) is 79.4 Å². The number of aromatic nitrogens is 5. The molecule has 0 saturated heterocycles. The number of nitrogens with one attached hydrogen (secondary N) is 2. The van der Waals surface area contributed by atoms with Crippen LogP contribution in [0.5, 0.6) is 0 Å². The van der Waals surface area contributed by atoms with Gasteiger partial charge in [-0.1, -0.05) is 29.8 Å². The first kappa shape index (κ1) is 28.5. The van der Waals surface area contributed by atoms with Gasteiger partial charge in [0.2, 0.25) is 11.1 Å². The summed E-state index contributed by atoms with van der Waals surface area (Å²) in [4.78, 5) is 11.9. The smallest absolute Gasteiger partial charge is 0.350 e. The van der Waals surface area contributed by atoms with Gasteiger partial charge in [0.15, 0.2) is 5.82 Å². The fraction of sp³-hybridized carbons (Fsp3) is 0.182. The first-order valence-electron chi connectivity index (χ1n) is 10.4. The van der Waals surface area contributed by atoms with Crippen molar-refractivity contribution in [3.8, 4) is 11.4 Å². The van der Waals surface area contributed by atoms with Gasteiger partial charge in [-0.3, -0.25) is 5.10 Å². The Hall–Kier alpha value is -3.53. The largest absolute Gasteiger partial charge is 0.416 e. The maximum absolute atomic E-state index is 13.2. The molecule has 2 N–H and O–H groups in total. The molecule has 0 unspecified atom stereocenters. The molecule has 2 aromatic heterocycles. The molecule has 4 aromatic rings. The summed E-state index contributed by atoms with van der Waals surface area (Å²) in [5, 5.41) is 8.53. The molecule has 206 valence electrons. The van der Waals surface area contributed by atoms with E-state index in [9.17, 15) is 39.5 Å². The fourth-order valence-electron chi connectivity index (χ4n) is 3.26. The molecule has 6 nitrogen and oxygen atoms in total. The Morgan fingerprint density at radius 2 is 1.44 bits per heavy atom. The van der Waals surface area contributed by atoms with Gasteiger partial charge in [0, 0.05) is 18.2 Å². The van der Waals surface area contributed by atoms with Crippen molar-refractivity contribution in [1.29, 1.82) is 0 Å². The van der Waals surface area contributed by atoms with Gasteiger partial charge in [-0.2, -0.15) is 39.5 Å². The van der Waals surface area contributed by atoms with Gasteiger partial charge in [-0.15, -0.1) is 5.10 Å². The summed E-state index contributed by atoms with van der Waals surface area (Å²) in [7, 11) is 0. The van der Waals surface area contributed by atoms with Crippen molar-refractivity contribution in [2.24, 2.45) is 0 Å². The van der Waals surface area contributed by atoms with Gasteiger partial charge < -0.3 is 5.32 Å². The third kappa shape index (κ3) is 7.11. The molecule has 0 bridgehead atoms. The number of benzene rings is 2. The minimum atomic E-state index is -5.05. The van der Waals surface area contributed by atoms with E-state index in [-0.39, 0.29) is 45.3 Å². The summed E-state index contributed by atoms with van der Waals surface area (Å²) in [6, 6.07) is 7.08. The number of nitrogens with zero attached hydrogens (tertiary/aromatic N) is 4. The van der Waals surface area contributed by atoms with E-state index in [4.69, 9.17) is 11.6 Å². The van der Waals surface area contributed by atoms with Crippen LogP contribution >= 0.6 is 23.4 Å². The lowest BCUT2D eigenvalue weighted by atomic mass is 10.0. The average molecular weight is 599 g/mol. The molecular weight excluding hydrogens is 587 g/mol. The van der Waals surface area contributed by atoms with Crippen molar-refractivity contribution in [1.82, 2.24) is 25.1 Å². The second-order valence-corrected chi connectivity index (χ2v) is 9.10. The third-order valence-electron chi connectivity index (χ3n) is 4.95. The number of rotatable bonds is 6. The van der Waals surface area contributed by atoms with Crippen molar-refractivity contribution in [3.63, 3.8) is 0 Å². The monoisotopic (exact) mass is 598 g/mol. The van der Waals surface area contributed by atoms with Crippen LogP contribution in [0.15, 0.2) is 58.7 Å². The maximum atomic E-state index is 13.2. The van der Waals surface area contributed by atoms with Crippen molar-refractivity contribution in [3.05, 3.63) is 75.9 Å². The minimum Gasteiger partial charge on any atom is -0.350 e. The van der Waals surface area contributed by atoms with E-state index < -0.39 is 40.8 Å². The van der Waals surface area contributed by atoms with E-state index in [1.54, 1.807) is 0 Å². The van der Waals surface area contributed by atoms with E-state index in [1.165, 1.54) is 24.3 Å². The highest BCUT2D eigenvalue weighted by atomic mass is 35.5. The number of aromatic amines is 1. The van der Waals surface area contributed by atoms with Crippen LogP contribution in [-0.2, 0) is 25.1 Å². The second kappa shape index (κ2) is 10.6. The highest BCUT2D eigenvalue weighted by molar-refractivity contribution is 7.99. The Morgan fingerprint density at radius 3 is 2.05 bits per heavy atom. The molecule has 0 aliphatic carbocycles. The molecule has 0 fully saturated rings. The summed E-state index contributed by atoms with van der Waals surface area (Å²) < 4.78 is 119. The molecule has 2 heterocycles. The summed E-state index contributed by atoms with van der Waals surface area (Å²) >= 11 is 6.70. The number of H-pyrrole nitrogens is 1. The molecule has 17 heteroatoms. The Balaban J connectivity index is 1.56. The number of hydrogen-bond acceptors (Lipinski definition) is 6. The van der Waals surface area contributed by atoms with E-state index >= 15 is 0 Å². The van der Waals surface area contributed by atoms with Crippen molar-refractivity contribution < 1.29 is 39.5 Å². The maximum Gasteiger partial charge on any atom is 0.416 e. The number of alkyl halides is 9. The first-order valence-corrected chi connectivity index (χ1v) is 11.6. The van der Waals surface area contributed by atoms with E-state index in [0.29, 0.717) is 12.1 Å². The van der Waals surface area contributed by atoms with E-state index in [0.717, 1.165) is 17.8 Å². The van der Waals surface area contributed by atoms with Gasteiger partial charge >= 0.3 is 18.5 Å². The molecule has 2 aromatic carbocycles. The van der Waals surface area contributed by atoms with E-state index in [2.05, 4.69) is 30.5 Å². The summed E-state index contributed by atoms with van der Waals surface area (Å²) in [6.07, 6.45) is -14.7. The van der Waals surface area contributed by atoms with Crippen LogP contribution in [0.25, 0.3) is 11.4 Å². The molecule has 0 aliphatic heterocycles. The lowest BCUT2D eigenvalue weighted by Crippen LogP contribution is -2.12. The predicted octanol–water partition coefficient (Wildman–Crippen LogP) is 7.73. The zero-order valence-electron chi connectivity index (χ0n) is 18.8. The highest BCUT2D eigenvalue weighted by Crippen LogP contribution is 2.38. The average Bonchev–Trinajstić information content (AvgIpc) is 3.29. The van der Waals surface area contributed by atoms with Crippen LogP contribution in [0.1, 0.15) is 22.3 Å². The van der Waals surface area contributed by atoms with Gasteiger partial charge in [-0.25, -0.2) is 15.0 Å². The Labute approximate surface area is 222 Å². The van der Waals surface area contributed by atoms with Gasteiger partial charge in [-0.05, 0) is 41.6 Å². The number of anilines is 1. The first-order chi connectivity index (χ1) is 18.1. The molecule has 4 rings (SSSR count). The zero-order chi connectivity index (χ0) is 28.6. The SMILES string of the molecule is FC(F)(F)c1cc(-c2nc(Sc3cc(Cl)nc(NCc4ccccc4C(F)(F)F)n3)n[nH]2)cc(C(F)(F)F)c1. The molecule has 0 radical (unpaired) electrons. The Kier molecular flexibility index (Phi) is 7.71. The molecule has 0 atom stereocenters. The molecular formula is C22H12ClF9N6S. The van der Waals surface area contributed by atoms with Gasteiger partial charge in [0.25, 0.3) is 0 Å². The molecule has 39 heavy (non-hydrogen) atoms. The lowest BCUT2D eigenvalue weighted by molar-refractivity contribution is -0.143. The Bertz CT molecular complexity index is 1450.